The smallest absolute Gasteiger partial charge is 0.339 e. The summed E-state index contributed by atoms with van der Waals surface area (Å²) in [6, 6.07) is 5.45. The summed E-state index contributed by atoms with van der Waals surface area (Å²) in [5.41, 5.74) is -0.0246. The van der Waals surface area contributed by atoms with Gasteiger partial charge in [-0.2, -0.15) is 18.4 Å². The van der Waals surface area contributed by atoms with Gasteiger partial charge in [0.2, 0.25) is 17.7 Å². The maximum atomic E-state index is 13.6. The number of fused-ring (bicyclic) bond motifs is 2. The van der Waals surface area contributed by atoms with Crippen LogP contribution in [0.1, 0.15) is 52.5 Å². The number of para-hydroxylation sites is 1. The van der Waals surface area contributed by atoms with Gasteiger partial charge in [0.05, 0.1) is 12.0 Å². The minimum absolute atomic E-state index is 0.00942. The molecule has 1 aromatic rings. The lowest BCUT2D eigenvalue weighted by Crippen LogP contribution is -2.61. The number of hydrogen-bond acceptors (Lipinski definition) is 5. The van der Waals surface area contributed by atoms with E-state index in [-0.39, 0.29) is 36.1 Å². The number of carbonyl (C=O) groups excluding carboxylic acids is 4. The van der Waals surface area contributed by atoms with Crippen LogP contribution in [0.15, 0.2) is 24.3 Å². The minimum atomic E-state index is -5.18. The number of piperidine rings is 1. The number of benzene rings is 1. The Bertz CT molecular complexity index is 1250. The standard InChI is InChI=1S/C27H32F3N5O4/c1-25(2,3)20(34-24(39)27(28,29)30)23(38)35-12-16-18(26(16,4)5)19(35)22(37)32-13(11-31)10-15-14-8-6-7-9-17(14)33-21(15)36/h6-9,13,15-16,18-20H,10,12H2,1-5H3,(H,32,37)(H,33,36)(H,34,39)/t13-,15?,16-,18-,19-,20+/m0/s1. The zero-order chi connectivity index (χ0) is 29.1. The number of amides is 4. The van der Waals surface area contributed by atoms with Gasteiger partial charge in [-0.3, -0.25) is 19.2 Å². The highest BCUT2D eigenvalue weighted by Gasteiger charge is 2.70. The third-order valence-electron chi connectivity index (χ3n) is 8.26. The Morgan fingerprint density at radius 2 is 1.82 bits per heavy atom. The van der Waals surface area contributed by atoms with Crippen molar-refractivity contribution in [3.8, 4) is 6.07 Å². The summed E-state index contributed by atoms with van der Waals surface area (Å²) in [5.74, 6) is -4.92. The normalized spacial score (nSPS) is 26.4. The summed E-state index contributed by atoms with van der Waals surface area (Å²) in [7, 11) is 0. The Morgan fingerprint density at radius 1 is 1.18 bits per heavy atom. The molecule has 6 atom stereocenters. The fourth-order valence-corrected chi connectivity index (χ4v) is 5.99. The van der Waals surface area contributed by atoms with Crippen molar-refractivity contribution in [3.63, 3.8) is 0 Å². The van der Waals surface area contributed by atoms with E-state index in [1.165, 1.54) is 25.7 Å². The highest BCUT2D eigenvalue weighted by molar-refractivity contribution is 6.03. The molecule has 2 fully saturated rings. The molecule has 9 nitrogen and oxygen atoms in total. The zero-order valence-electron chi connectivity index (χ0n) is 22.3. The van der Waals surface area contributed by atoms with E-state index in [1.807, 2.05) is 25.2 Å². The van der Waals surface area contributed by atoms with E-state index < -0.39 is 53.4 Å². The first-order valence-corrected chi connectivity index (χ1v) is 12.8. The molecule has 0 aromatic heterocycles. The average Bonchev–Trinajstić information content (AvgIpc) is 3.15. The quantitative estimate of drug-likeness (QED) is 0.504. The van der Waals surface area contributed by atoms with Gasteiger partial charge in [-0.1, -0.05) is 52.8 Å². The fraction of sp³-hybridized carbons (Fsp3) is 0.593. The van der Waals surface area contributed by atoms with E-state index >= 15 is 0 Å². The number of halogens is 3. The van der Waals surface area contributed by atoms with Gasteiger partial charge in [0, 0.05) is 12.2 Å². The number of nitrogens with one attached hydrogen (secondary N) is 3. The van der Waals surface area contributed by atoms with Crippen molar-refractivity contribution in [2.45, 2.75) is 71.3 Å². The van der Waals surface area contributed by atoms with Crippen molar-refractivity contribution in [1.82, 2.24) is 15.5 Å². The van der Waals surface area contributed by atoms with Crippen LogP contribution in [0, 0.1) is 34.0 Å². The molecule has 2 heterocycles. The Balaban J connectivity index is 1.54. The lowest BCUT2D eigenvalue weighted by atomic mass is 9.85. The summed E-state index contributed by atoms with van der Waals surface area (Å²) in [6.07, 6.45) is -5.17. The van der Waals surface area contributed by atoms with Gasteiger partial charge in [-0.05, 0) is 40.7 Å². The van der Waals surface area contributed by atoms with Crippen LogP contribution in [-0.2, 0) is 19.2 Å². The van der Waals surface area contributed by atoms with Crippen LogP contribution in [0.2, 0.25) is 0 Å². The molecule has 1 unspecified atom stereocenters. The van der Waals surface area contributed by atoms with Crippen molar-refractivity contribution in [2.75, 3.05) is 11.9 Å². The molecule has 1 saturated heterocycles. The number of anilines is 1. The second kappa shape index (κ2) is 9.54. The van der Waals surface area contributed by atoms with Gasteiger partial charge in [0.15, 0.2) is 0 Å². The Kier molecular flexibility index (Phi) is 6.94. The summed E-state index contributed by atoms with van der Waals surface area (Å²) in [4.78, 5) is 52.7. The van der Waals surface area contributed by atoms with E-state index in [1.54, 1.807) is 24.3 Å². The molecule has 0 bridgehead atoms. The molecule has 0 radical (unpaired) electrons. The molecule has 1 saturated carbocycles. The van der Waals surface area contributed by atoms with Gasteiger partial charge >= 0.3 is 12.1 Å². The molecule has 210 valence electrons. The molecule has 4 amide bonds. The second-order valence-electron chi connectivity index (χ2n) is 12.2. The predicted molar refractivity (Wildman–Crippen MR) is 134 cm³/mol. The fourth-order valence-electron chi connectivity index (χ4n) is 5.99. The molecular weight excluding hydrogens is 515 g/mol. The molecular formula is C27H32F3N5O4. The van der Waals surface area contributed by atoms with Crippen LogP contribution in [0.3, 0.4) is 0 Å². The van der Waals surface area contributed by atoms with Crippen LogP contribution < -0.4 is 16.0 Å². The lowest BCUT2D eigenvalue weighted by molar-refractivity contribution is -0.176. The van der Waals surface area contributed by atoms with E-state index in [4.69, 9.17) is 0 Å². The summed E-state index contributed by atoms with van der Waals surface area (Å²) < 4.78 is 39.1. The van der Waals surface area contributed by atoms with Gasteiger partial charge in [-0.25, -0.2) is 0 Å². The van der Waals surface area contributed by atoms with Crippen LogP contribution in [0.25, 0.3) is 0 Å². The Morgan fingerprint density at radius 3 is 2.41 bits per heavy atom. The van der Waals surface area contributed by atoms with Crippen molar-refractivity contribution in [3.05, 3.63) is 29.8 Å². The van der Waals surface area contributed by atoms with Crippen molar-refractivity contribution < 1.29 is 32.3 Å². The number of likely N-dealkylation sites (tertiary alicyclic amines) is 1. The predicted octanol–water partition coefficient (Wildman–Crippen LogP) is 2.70. The number of alkyl halides is 3. The van der Waals surface area contributed by atoms with Crippen molar-refractivity contribution in [2.24, 2.45) is 22.7 Å². The first-order chi connectivity index (χ1) is 18.0. The average molecular weight is 548 g/mol. The monoisotopic (exact) mass is 547 g/mol. The molecule has 12 heteroatoms. The highest BCUT2D eigenvalue weighted by Crippen LogP contribution is 2.65. The molecule has 39 heavy (non-hydrogen) atoms. The third-order valence-corrected chi connectivity index (χ3v) is 8.26. The lowest BCUT2D eigenvalue weighted by Gasteiger charge is -2.37. The van der Waals surface area contributed by atoms with Gasteiger partial charge in [0.1, 0.15) is 18.1 Å². The number of carbonyl (C=O) groups is 4. The minimum Gasteiger partial charge on any atom is -0.339 e. The molecule has 3 aliphatic rings. The molecule has 1 aliphatic carbocycles. The molecule has 4 rings (SSSR count). The van der Waals surface area contributed by atoms with Crippen LogP contribution in [0.4, 0.5) is 18.9 Å². The molecule has 3 N–H and O–H groups in total. The van der Waals surface area contributed by atoms with Gasteiger partial charge in [-0.15, -0.1) is 0 Å². The van der Waals surface area contributed by atoms with Crippen LogP contribution >= 0.6 is 0 Å². The van der Waals surface area contributed by atoms with Gasteiger partial charge < -0.3 is 20.9 Å². The number of nitriles is 1. The van der Waals surface area contributed by atoms with E-state index in [0.717, 1.165) is 0 Å². The highest BCUT2D eigenvalue weighted by atomic mass is 19.4. The summed E-state index contributed by atoms with van der Waals surface area (Å²) in [5, 5.41) is 17.0. The first kappa shape index (κ1) is 28.4. The number of hydrogen-bond donors (Lipinski definition) is 3. The SMILES string of the molecule is CC(C)(C)[C@H](NC(=O)C(F)(F)F)C(=O)N1C[C@H]2[C@@H]([C@H]1C(=O)N[C@H](C#N)CC1C(=O)Nc3ccccc31)C2(C)C. The molecule has 0 spiro atoms. The summed E-state index contributed by atoms with van der Waals surface area (Å²) in [6.45, 7) is 8.60. The first-order valence-electron chi connectivity index (χ1n) is 12.8. The van der Waals surface area contributed by atoms with Gasteiger partial charge in [0.25, 0.3) is 0 Å². The maximum Gasteiger partial charge on any atom is 0.471 e. The van der Waals surface area contributed by atoms with E-state index in [9.17, 15) is 37.6 Å². The Hall–Kier alpha value is -3.62. The topological polar surface area (TPSA) is 131 Å². The number of nitrogens with zero attached hydrogens (tertiary/aromatic N) is 2. The van der Waals surface area contributed by atoms with Crippen molar-refractivity contribution >= 4 is 29.3 Å². The summed E-state index contributed by atoms with van der Waals surface area (Å²) >= 11 is 0. The number of rotatable bonds is 6. The largest absolute Gasteiger partial charge is 0.471 e. The van der Waals surface area contributed by atoms with Crippen LogP contribution in [-0.4, -0.2) is 59.4 Å². The second-order valence-corrected chi connectivity index (χ2v) is 12.2. The Labute approximate surface area is 224 Å². The third kappa shape index (κ3) is 5.18. The molecule has 1 aromatic carbocycles. The van der Waals surface area contributed by atoms with Crippen molar-refractivity contribution in [1.29, 1.82) is 5.26 Å². The van der Waals surface area contributed by atoms with Crippen LogP contribution in [0.5, 0.6) is 0 Å². The van der Waals surface area contributed by atoms with E-state index in [2.05, 4.69) is 10.6 Å². The maximum absolute atomic E-state index is 13.6. The molecule has 2 aliphatic heterocycles. The zero-order valence-corrected chi connectivity index (χ0v) is 22.3. The van der Waals surface area contributed by atoms with E-state index in [0.29, 0.717) is 11.3 Å².